The van der Waals surface area contributed by atoms with E-state index in [0.717, 1.165) is 15.8 Å². The first kappa shape index (κ1) is 16.1. The molecule has 1 fully saturated rings. The van der Waals surface area contributed by atoms with Gasteiger partial charge in [-0.05, 0) is 17.7 Å². The molecule has 4 nitrogen and oxygen atoms in total. The van der Waals surface area contributed by atoms with Crippen LogP contribution in [-0.2, 0) is 14.3 Å². The van der Waals surface area contributed by atoms with Crippen LogP contribution >= 0.6 is 27.7 Å². The molecule has 112 valence electrons. The molecule has 1 aliphatic rings. The Bertz CT molecular complexity index is 562. The zero-order valence-corrected chi connectivity index (χ0v) is 14.0. The van der Waals surface area contributed by atoms with E-state index in [-0.39, 0.29) is 17.1 Å². The number of methoxy groups -OCH3 is 1. The lowest BCUT2D eigenvalue weighted by atomic mass is 10.2. The van der Waals surface area contributed by atoms with Crippen molar-refractivity contribution in [2.75, 3.05) is 26.0 Å². The average Bonchev–Trinajstić information content (AvgIpc) is 2.53. The van der Waals surface area contributed by atoms with Gasteiger partial charge in [0.15, 0.2) is 0 Å². The fourth-order valence-corrected chi connectivity index (χ4v) is 3.55. The summed E-state index contributed by atoms with van der Waals surface area (Å²) in [7, 11) is 1.37. The minimum absolute atomic E-state index is 0.0834. The van der Waals surface area contributed by atoms with Crippen molar-refractivity contribution in [3.63, 3.8) is 0 Å². The summed E-state index contributed by atoms with van der Waals surface area (Å²) in [6.45, 7) is 1.05. The molecule has 1 amide bonds. The number of hydrogen-bond acceptors (Lipinski definition) is 4. The molecule has 6 heteroatoms. The summed E-state index contributed by atoms with van der Waals surface area (Å²) in [5.41, 5.74) is 0.946. The van der Waals surface area contributed by atoms with Crippen molar-refractivity contribution >= 4 is 45.6 Å². The molecule has 0 saturated carbocycles. The van der Waals surface area contributed by atoms with Crippen molar-refractivity contribution in [2.45, 2.75) is 5.25 Å². The Balaban J connectivity index is 2.00. The number of hydrogen-bond donors (Lipinski definition) is 0. The van der Waals surface area contributed by atoms with Gasteiger partial charge in [-0.3, -0.25) is 9.59 Å². The summed E-state index contributed by atoms with van der Waals surface area (Å²) in [5.74, 6) is 0.390. The number of carbonyl (C=O) groups excluding carboxylic acids is 2. The lowest BCUT2D eigenvalue weighted by Crippen LogP contribution is -2.44. The minimum Gasteiger partial charge on any atom is -0.468 e. The molecule has 0 radical (unpaired) electrons. The smallest absolute Gasteiger partial charge is 0.320 e. The molecule has 2 rings (SSSR count). The molecule has 21 heavy (non-hydrogen) atoms. The molecule has 1 heterocycles. The van der Waals surface area contributed by atoms with Crippen molar-refractivity contribution in [1.82, 2.24) is 4.90 Å². The van der Waals surface area contributed by atoms with Crippen LogP contribution in [0.15, 0.2) is 34.8 Å². The van der Waals surface area contributed by atoms with Gasteiger partial charge in [0.05, 0.1) is 7.11 Å². The van der Waals surface area contributed by atoms with Crippen LogP contribution in [-0.4, -0.2) is 48.0 Å². The van der Waals surface area contributed by atoms with Gasteiger partial charge in [0.1, 0.15) is 5.25 Å². The maximum Gasteiger partial charge on any atom is 0.320 e. The number of benzene rings is 1. The molecule has 1 atom stereocenters. The normalized spacial score (nSPS) is 18.8. The van der Waals surface area contributed by atoms with E-state index in [2.05, 4.69) is 15.9 Å². The Morgan fingerprint density at radius 1 is 1.43 bits per heavy atom. The number of rotatable bonds is 3. The topological polar surface area (TPSA) is 46.6 Å². The van der Waals surface area contributed by atoms with Crippen molar-refractivity contribution in [1.29, 1.82) is 0 Å². The van der Waals surface area contributed by atoms with Gasteiger partial charge in [0.25, 0.3) is 0 Å². The molecular formula is C15H16BrNO3S. The average molecular weight is 370 g/mol. The highest BCUT2D eigenvalue weighted by Crippen LogP contribution is 2.21. The molecular weight excluding hydrogens is 354 g/mol. The maximum absolute atomic E-state index is 12.2. The Morgan fingerprint density at radius 2 is 2.19 bits per heavy atom. The van der Waals surface area contributed by atoms with E-state index in [1.807, 2.05) is 24.3 Å². The first-order chi connectivity index (χ1) is 10.1. The lowest BCUT2D eigenvalue weighted by molar-refractivity contribution is -0.140. The van der Waals surface area contributed by atoms with Gasteiger partial charge < -0.3 is 9.64 Å². The first-order valence-electron chi connectivity index (χ1n) is 6.52. The molecule has 0 bridgehead atoms. The summed E-state index contributed by atoms with van der Waals surface area (Å²) < 4.78 is 5.68. The molecule has 1 aromatic carbocycles. The summed E-state index contributed by atoms with van der Waals surface area (Å²) in [6.07, 6.45) is 3.33. The van der Waals surface area contributed by atoms with Crippen molar-refractivity contribution < 1.29 is 14.3 Å². The van der Waals surface area contributed by atoms with E-state index < -0.39 is 0 Å². The summed E-state index contributed by atoms with van der Waals surface area (Å²) >= 11 is 4.97. The molecule has 0 N–H and O–H groups in total. The van der Waals surface area contributed by atoms with E-state index >= 15 is 0 Å². The standard InChI is InChI=1S/C15H16BrNO3S/c1-20-15(19)13-10-17(8-9-21-13)14(18)7-6-11-4-2-3-5-12(11)16/h2-7,13H,8-10H2,1H3/b7-6+/t13-/m0/s1. The third kappa shape index (κ3) is 4.35. The number of carbonyl (C=O) groups is 2. The first-order valence-corrected chi connectivity index (χ1v) is 8.37. The van der Waals surface area contributed by atoms with Gasteiger partial charge in [-0.1, -0.05) is 34.1 Å². The van der Waals surface area contributed by atoms with E-state index in [1.165, 1.54) is 18.9 Å². The number of esters is 1. The largest absolute Gasteiger partial charge is 0.468 e. The molecule has 1 aromatic rings. The fourth-order valence-electron chi connectivity index (χ4n) is 2.00. The number of nitrogens with zero attached hydrogens (tertiary/aromatic N) is 1. The zero-order valence-electron chi connectivity index (χ0n) is 11.6. The fraction of sp³-hybridized carbons (Fsp3) is 0.333. The zero-order chi connectivity index (χ0) is 15.2. The van der Waals surface area contributed by atoms with E-state index in [4.69, 9.17) is 4.74 Å². The Hall–Kier alpha value is -1.27. The maximum atomic E-state index is 12.2. The minimum atomic E-state index is -0.287. The van der Waals surface area contributed by atoms with Crippen LogP contribution in [0, 0.1) is 0 Å². The van der Waals surface area contributed by atoms with Gasteiger partial charge in [-0.2, -0.15) is 0 Å². The highest BCUT2D eigenvalue weighted by Gasteiger charge is 2.28. The molecule has 0 spiro atoms. The van der Waals surface area contributed by atoms with Gasteiger partial charge in [-0.15, -0.1) is 11.8 Å². The molecule has 0 aliphatic carbocycles. The second-order valence-electron chi connectivity index (χ2n) is 4.52. The molecule has 0 unspecified atom stereocenters. The Kier molecular flexibility index (Phi) is 5.87. The summed E-state index contributed by atoms with van der Waals surface area (Å²) in [6, 6.07) is 7.69. The van der Waals surface area contributed by atoms with Crippen molar-refractivity contribution in [3.05, 3.63) is 40.4 Å². The van der Waals surface area contributed by atoms with Gasteiger partial charge in [0.2, 0.25) is 5.91 Å². The van der Waals surface area contributed by atoms with Crippen LogP contribution in [0.5, 0.6) is 0 Å². The monoisotopic (exact) mass is 369 g/mol. The number of thioether (sulfide) groups is 1. The van der Waals surface area contributed by atoms with Crippen molar-refractivity contribution in [2.24, 2.45) is 0 Å². The number of amides is 1. The van der Waals surface area contributed by atoms with Crippen LogP contribution in [0.1, 0.15) is 5.56 Å². The third-order valence-electron chi connectivity index (χ3n) is 3.15. The van der Waals surface area contributed by atoms with Gasteiger partial charge >= 0.3 is 5.97 Å². The predicted octanol–water partition coefficient (Wildman–Crippen LogP) is 2.58. The van der Waals surface area contributed by atoms with E-state index in [1.54, 1.807) is 17.1 Å². The summed E-state index contributed by atoms with van der Waals surface area (Å²) in [4.78, 5) is 25.4. The highest BCUT2D eigenvalue weighted by molar-refractivity contribution is 9.10. The van der Waals surface area contributed by atoms with Crippen LogP contribution in [0.3, 0.4) is 0 Å². The van der Waals surface area contributed by atoms with Gasteiger partial charge in [0, 0.05) is 29.4 Å². The second kappa shape index (κ2) is 7.66. The molecule has 0 aromatic heterocycles. The van der Waals surface area contributed by atoms with Crippen molar-refractivity contribution in [3.8, 4) is 0 Å². The Morgan fingerprint density at radius 3 is 2.90 bits per heavy atom. The molecule has 1 saturated heterocycles. The van der Waals surface area contributed by atoms with Crippen LogP contribution in [0.25, 0.3) is 6.08 Å². The van der Waals surface area contributed by atoms with E-state index in [9.17, 15) is 9.59 Å². The predicted molar refractivity (Wildman–Crippen MR) is 88.0 cm³/mol. The number of ether oxygens (including phenoxy) is 1. The lowest BCUT2D eigenvalue weighted by Gasteiger charge is -2.30. The van der Waals surface area contributed by atoms with Crippen LogP contribution in [0.4, 0.5) is 0 Å². The second-order valence-corrected chi connectivity index (χ2v) is 6.69. The Labute approximate surface area is 136 Å². The van der Waals surface area contributed by atoms with Crippen LogP contribution in [0.2, 0.25) is 0 Å². The third-order valence-corrected chi connectivity index (χ3v) is 5.04. The number of halogens is 1. The summed E-state index contributed by atoms with van der Waals surface area (Å²) in [5, 5.41) is -0.287. The molecule has 1 aliphatic heterocycles. The van der Waals surface area contributed by atoms with Crippen LogP contribution < -0.4 is 0 Å². The quantitative estimate of drug-likeness (QED) is 0.606. The van der Waals surface area contributed by atoms with Gasteiger partial charge in [-0.25, -0.2) is 0 Å². The SMILES string of the molecule is COC(=O)[C@@H]1CN(C(=O)/C=C/c2ccccc2Br)CCS1. The van der Waals surface area contributed by atoms with E-state index in [0.29, 0.717) is 13.1 Å². The highest BCUT2D eigenvalue weighted by atomic mass is 79.9.